The quantitative estimate of drug-likeness (QED) is 0.685. The Labute approximate surface area is 113 Å². The van der Waals surface area contributed by atoms with Crippen LogP contribution in [0, 0.1) is 27.6 Å². The molecule has 2 aliphatic rings. The summed E-state index contributed by atoms with van der Waals surface area (Å²) in [4.78, 5) is 12.2. The van der Waals surface area contributed by atoms with Gasteiger partial charge in [0.2, 0.25) is 0 Å². The van der Waals surface area contributed by atoms with Gasteiger partial charge in [-0.2, -0.15) is 0 Å². The molecule has 0 saturated heterocycles. The van der Waals surface area contributed by atoms with E-state index < -0.39 is 0 Å². The topological polar surface area (TPSA) is 17.1 Å². The Morgan fingerprint density at radius 3 is 2.22 bits per heavy atom. The molecule has 104 valence electrons. The molecular formula is C17H30O. The summed E-state index contributed by atoms with van der Waals surface area (Å²) in [5.41, 5.74) is 1.12. The van der Waals surface area contributed by atoms with Gasteiger partial charge in [-0.05, 0) is 54.8 Å². The molecule has 0 aromatic rings. The van der Waals surface area contributed by atoms with E-state index in [0.29, 0.717) is 27.9 Å². The predicted molar refractivity (Wildman–Crippen MR) is 76.4 cm³/mol. The van der Waals surface area contributed by atoms with Gasteiger partial charge in [0.1, 0.15) is 5.78 Å². The van der Waals surface area contributed by atoms with E-state index in [1.165, 1.54) is 19.3 Å². The van der Waals surface area contributed by atoms with E-state index in [4.69, 9.17) is 0 Å². The third kappa shape index (κ3) is 1.37. The van der Waals surface area contributed by atoms with Crippen LogP contribution < -0.4 is 0 Å². The van der Waals surface area contributed by atoms with Gasteiger partial charge in [-0.3, -0.25) is 4.79 Å². The highest BCUT2D eigenvalue weighted by Gasteiger charge is 2.76. The third-order valence-corrected chi connectivity index (χ3v) is 7.08. The fourth-order valence-electron chi connectivity index (χ4n) is 5.48. The Balaban J connectivity index is 2.47. The van der Waals surface area contributed by atoms with Crippen molar-refractivity contribution >= 4 is 5.78 Å². The number of hydrogen-bond donors (Lipinski definition) is 0. The van der Waals surface area contributed by atoms with Crippen LogP contribution in [0.1, 0.15) is 74.1 Å². The van der Waals surface area contributed by atoms with Crippen molar-refractivity contribution < 1.29 is 4.79 Å². The van der Waals surface area contributed by atoms with Gasteiger partial charge in [0.25, 0.3) is 0 Å². The first-order valence-corrected chi connectivity index (χ1v) is 7.58. The fourth-order valence-corrected chi connectivity index (χ4v) is 5.48. The minimum absolute atomic E-state index is 0.0948. The van der Waals surface area contributed by atoms with Crippen molar-refractivity contribution in [3.05, 3.63) is 0 Å². The zero-order valence-electron chi connectivity index (χ0n) is 13.3. The molecular weight excluding hydrogens is 220 g/mol. The third-order valence-electron chi connectivity index (χ3n) is 7.08. The summed E-state index contributed by atoms with van der Waals surface area (Å²) in [6, 6.07) is 0. The zero-order valence-corrected chi connectivity index (χ0v) is 13.3. The molecule has 18 heavy (non-hydrogen) atoms. The second kappa shape index (κ2) is 3.61. The Hall–Kier alpha value is -0.330. The molecule has 2 fully saturated rings. The minimum Gasteiger partial charge on any atom is -0.299 e. The summed E-state index contributed by atoms with van der Waals surface area (Å²) >= 11 is 0. The molecule has 0 spiro atoms. The van der Waals surface area contributed by atoms with Gasteiger partial charge in [0.05, 0.1) is 0 Å². The second-order valence-electron chi connectivity index (χ2n) is 8.23. The van der Waals surface area contributed by atoms with Crippen molar-refractivity contribution in [2.24, 2.45) is 27.6 Å². The molecule has 0 aromatic heterocycles. The number of Topliss-reactive ketones (excluding diaryl/α,β-unsaturated/α-hetero) is 1. The van der Waals surface area contributed by atoms with Crippen LogP contribution in [-0.2, 0) is 4.79 Å². The predicted octanol–water partition coefficient (Wildman–Crippen LogP) is 4.84. The normalized spacial score (nSPS) is 47.6. The van der Waals surface area contributed by atoms with E-state index in [1.54, 1.807) is 6.92 Å². The summed E-state index contributed by atoms with van der Waals surface area (Å²) in [5, 5.41) is 0. The highest BCUT2D eigenvalue weighted by molar-refractivity contribution is 5.82. The Morgan fingerprint density at radius 2 is 1.83 bits per heavy atom. The number of carbonyl (C=O) groups excluding carboxylic acids is 1. The molecule has 2 unspecified atom stereocenters. The first kappa shape index (κ1) is 14.1. The molecule has 4 atom stereocenters. The molecule has 0 aliphatic heterocycles. The SMILES string of the molecule is CCC12CC[C@](C)(C(C)=O)[C@@H](C)C1(C(C)(C)C)C2. The van der Waals surface area contributed by atoms with Crippen molar-refractivity contribution in [2.45, 2.75) is 74.1 Å². The lowest BCUT2D eigenvalue weighted by molar-refractivity contribution is -0.137. The standard InChI is InChI=1S/C17H30O/c1-8-16-10-9-15(7,13(3)18)12(2)17(16,11-16)14(4,5)6/h12H,8-11H2,1-7H3/t12-,15+,16?,17?/m1/s1. The monoisotopic (exact) mass is 250 g/mol. The lowest BCUT2D eigenvalue weighted by Gasteiger charge is -2.52. The fraction of sp³-hybridized carbons (Fsp3) is 0.941. The van der Waals surface area contributed by atoms with Gasteiger partial charge in [-0.25, -0.2) is 0 Å². The summed E-state index contributed by atoms with van der Waals surface area (Å²) < 4.78 is 0. The van der Waals surface area contributed by atoms with E-state index in [-0.39, 0.29) is 5.41 Å². The van der Waals surface area contributed by atoms with Crippen molar-refractivity contribution in [1.82, 2.24) is 0 Å². The minimum atomic E-state index is -0.0948. The lowest BCUT2D eigenvalue weighted by atomic mass is 9.51. The first-order valence-electron chi connectivity index (χ1n) is 7.58. The van der Waals surface area contributed by atoms with Crippen LogP contribution >= 0.6 is 0 Å². The van der Waals surface area contributed by atoms with Gasteiger partial charge < -0.3 is 0 Å². The van der Waals surface area contributed by atoms with E-state index in [1.807, 2.05) is 0 Å². The van der Waals surface area contributed by atoms with Crippen LogP contribution in [0.4, 0.5) is 0 Å². The Morgan fingerprint density at radius 1 is 1.28 bits per heavy atom. The van der Waals surface area contributed by atoms with E-state index in [9.17, 15) is 4.79 Å². The molecule has 1 heteroatoms. The van der Waals surface area contributed by atoms with Gasteiger partial charge >= 0.3 is 0 Å². The Kier molecular flexibility index (Phi) is 2.83. The average molecular weight is 250 g/mol. The highest BCUT2D eigenvalue weighted by Crippen LogP contribution is 2.83. The molecule has 1 nitrogen and oxygen atoms in total. The molecule has 2 saturated carbocycles. The van der Waals surface area contributed by atoms with Crippen molar-refractivity contribution in [3.8, 4) is 0 Å². The van der Waals surface area contributed by atoms with Crippen molar-refractivity contribution in [2.75, 3.05) is 0 Å². The number of ketones is 1. The van der Waals surface area contributed by atoms with Crippen molar-refractivity contribution in [3.63, 3.8) is 0 Å². The van der Waals surface area contributed by atoms with Crippen LogP contribution in [0.2, 0.25) is 0 Å². The van der Waals surface area contributed by atoms with E-state index >= 15 is 0 Å². The van der Waals surface area contributed by atoms with Crippen LogP contribution in [-0.4, -0.2) is 5.78 Å². The number of rotatable bonds is 2. The molecule has 0 amide bonds. The van der Waals surface area contributed by atoms with Gasteiger partial charge in [-0.15, -0.1) is 0 Å². The van der Waals surface area contributed by atoms with Crippen LogP contribution in [0.5, 0.6) is 0 Å². The number of fused-ring (bicyclic) bond motifs is 1. The molecule has 2 rings (SSSR count). The lowest BCUT2D eigenvalue weighted by Crippen LogP contribution is -2.49. The maximum absolute atomic E-state index is 12.2. The number of hydrogen-bond acceptors (Lipinski definition) is 1. The van der Waals surface area contributed by atoms with E-state index in [2.05, 4.69) is 41.5 Å². The first-order chi connectivity index (χ1) is 8.07. The van der Waals surface area contributed by atoms with Gasteiger partial charge in [-0.1, -0.05) is 41.5 Å². The summed E-state index contributed by atoms with van der Waals surface area (Å²) in [5.74, 6) is 0.909. The largest absolute Gasteiger partial charge is 0.299 e. The maximum Gasteiger partial charge on any atom is 0.135 e. The van der Waals surface area contributed by atoms with Gasteiger partial charge in [0.15, 0.2) is 0 Å². The summed E-state index contributed by atoms with van der Waals surface area (Å²) in [6.07, 6.45) is 4.96. The van der Waals surface area contributed by atoms with Crippen LogP contribution in [0.25, 0.3) is 0 Å². The molecule has 0 heterocycles. The molecule has 0 radical (unpaired) electrons. The zero-order chi connectivity index (χ0) is 14.0. The molecule has 0 bridgehead atoms. The smallest absolute Gasteiger partial charge is 0.135 e. The Bertz CT molecular complexity index is 378. The second-order valence-corrected chi connectivity index (χ2v) is 8.23. The molecule has 0 aromatic carbocycles. The van der Waals surface area contributed by atoms with Crippen LogP contribution in [0.3, 0.4) is 0 Å². The van der Waals surface area contributed by atoms with Crippen molar-refractivity contribution in [1.29, 1.82) is 0 Å². The average Bonchev–Trinajstić information content (AvgIpc) is 2.95. The molecule has 2 aliphatic carbocycles. The maximum atomic E-state index is 12.2. The highest BCUT2D eigenvalue weighted by atomic mass is 16.1. The molecule has 0 N–H and O–H groups in total. The van der Waals surface area contributed by atoms with Crippen LogP contribution in [0.15, 0.2) is 0 Å². The number of carbonyl (C=O) groups is 1. The van der Waals surface area contributed by atoms with E-state index in [0.717, 1.165) is 6.42 Å². The van der Waals surface area contributed by atoms with Gasteiger partial charge in [0, 0.05) is 5.41 Å². The summed E-state index contributed by atoms with van der Waals surface area (Å²) in [6.45, 7) is 15.9. The summed E-state index contributed by atoms with van der Waals surface area (Å²) in [7, 11) is 0.